The first-order chi connectivity index (χ1) is 10.7. The van der Waals surface area contributed by atoms with Crippen molar-refractivity contribution in [3.63, 3.8) is 0 Å². The highest BCUT2D eigenvalue weighted by molar-refractivity contribution is 9.10. The van der Waals surface area contributed by atoms with E-state index >= 15 is 0 Å². The van der Waals surface area contributed by atoms with Gasteiger partial charge in [-0.3, -0.25) is 4.79 Å². The second kappa shape index (κ2) is 6.82. The van der Waals surface area contributed by atoms with Crippen molar-refractivity contribution in [1.29, 1.82) is 0 Å². The minimum Gasteiger partial charge on any atom is -0.458 e. The molecule has 0 saturated carbocycles. The summed E-state index contributed by atoms with van der Waals surface area (Å²) < 4.78 is 8.07. The minimum absolute atomic E-state index is 0.00974. The Bertz CT molecular complexity index is 618. The molecule has 1 aliphatic rings. The summed E-state index contributed by atoms with van der Waals surface area (Å²) in [6.07, 6.45) is 7.91. The number of hydrogen-bond donors (Lipinski definition) is 0. The van der Waals surface area contributed by atoms with E-state index in [1.807, 2.05) is 0 Å². The summed E-state index contributed by atoms with van der Waals surface area (Å²) in [5.74, 6) is 0.00974. The van der Waals surface area contributed by atoms with Gasteiger partial charge in [0.1, 0.15) is 25.3 Å². The van der Waals surface area contributed by atoms with E-state index in [9.17, 15) is 4.79 Å². The molecule has 2 aromatic rings. The third kappa shape index (κ3) is 3.79. The molecule has 2 aromatic heterocycles. The van der Waals surface area contributed by atoms with Crippen LogP contribution in [0.5, 0.6) is 6.01 Å². The normalized spacial score (nSPS) is 18.2. The van der Waals surface area contributed by atoms with Crippen LogP contribution < -0.4 is 4.74 Å². The van der Waals surface area contributed by atoms with Crippen molar-refractivity contribution in [3.05, 3.63) is 29.5 Å². The van der Waals surface area contributed by atoms with Gasteiger partial charge in [-0.2, -0.15) is 5.10 Å². The molecule has 22 heavy (non-hydrogen) atoms. The van der Waals surface area contributed by atoms with E-state index in [0.29, 0.717) is 12.6 Å². The van der Waals surface area contributed by atoms with Crippen molar-refractivity contribution in [2.24, 2.45) is 0 Å². The zero-order valence-electron chi connectivity index (χ0n) is 11.8. The third-order valence-corrected chi connectivity index (χ3v) is 3.77. The Morgan fingerprint density at radius 2 is 2.23 bits per heavy atom. The fraction of sp³-hybridized carbons (Fsp3) is 0.462. The Kier molecular flexibility index (Phi) is 4.62. The van der Waals surface area contributed by atoms with E-state index < -0.39 is 0 Å². The molecule has 116 valence electrons. The van der Waals surface area contributed by atoms with E-state index in [2.05, 4.69) is 36.0 Å². The number of amides is 1. The van der Waals surface area contributed by atoms with Gasteiger partial charge in [0, 0.05) is 18.9 Å². The van der Waals surface area contributed by atoms with Crippen molar-refractivity contribution in [2.45, 2.75) is 25.5 Å². The molecule has 9 heteroatoms. The zero-order chi connectivity index (χ0) is 15.4. The fourth-order valence-corrected chi connectivity index (χ4v) is 2.53. The van der Waals surface area contributed by atoms with Crippen molar-refractivity contribution >= 4 is 21.8 Å². The average Bonchev–Trinajstić information content (AvgIpc) is 3.03. The summed E-state index contributed by atoms with van der Waals surface area (Å²) in [5.41, 5.74) is 0. The quantitative estimate of drug-likeness (QED) is 0.798. The van der Waals surface area contributed by atoms with Crippen LogP contribution in [0.4, 0.5) is 0 Å². The van der Waals surface area contributed by atoms with E-state index in [1.54, 1.807) is 17.3 Å². The number of hydrogen-bond acceptors (Lipinski definition) is 6. The molecule has 1 unspecified atom stereocenters. The first kappa shape index (κ1) is 14.9. The average molecular weight is 367 g/mol. The smallest absolute Gasteiger partial charge is 0.316 e. The Morgan fingerprint density at radius 1 is 1.41 bits per heavy atom. The lowest BCUT2D eigenvalue weighted by Crippen LogP contribution is -2.45. The Balaban J connectivity index is 1.56. The molecular weight excluding hydrogens is 352 g/mol. The molecule has 1 amide bonds. The molecular formula is C13H15BrN6O2. The van der Waals surface area contributed by atoms with Gasteiger partial charge in [-0.15, -0.1) is 0 Å². The van der Waals surface area contributed by atoms with Crippen LogP contribution in [0.3, 0.4) is 0 Å². The van der Waals surface area contributed by atoms with Gasteiger partial charge in [-0.05, 0) is 28.8 Å². The molecule has 1 fully saturated rings. The van der Waals surface area contributed by atoms with Gasteiger partial charge in [0.15, 0.2) is 0 Å². The molecule has 0 radical (unpaired) electrons. The number of piperidine rings is 1. The molecule has 1 aliphatic heterocycles. The summed E-state index contributed by atoms with van der Waals surface area (Å²) in [6.45, 7) is 1.46. The summed E-state index contributed by atoms with van der Waals surface area (Å²) in [5, 5.41) is 3.95. The van der Waals surface area contributed by atoms with E-state index in [0.717, 1.165) is 23.9 Å². The number of likely N-dealkylation sites (tertiary alicyclic amines) is 1. The second-order valence-electron chi connectivity index (χ2n) is 5.00. The highest BCUT2D eigenvalue weighted by atomic mass is 79.9. The number of carbonyl (C=O) groups excluding carboxylic acids is 1. The summed E-state index contributed by atoms with van der Waals surface area (Å²) in [7, 11) is 0. The van der Waals surface area contributed by atoms with Crippen LogP contribution in [0.15, 0.2) is 29.5 Å². The van der Waals surface area contributed by atoms with Gasteiger partial charge in [0.05, 0.1) is 11.0 Å². The van der Waals surface area contributed by atoms with Crippen LogP contribution in [-0.4, -0.2) is 54.7 Å². The Hall–Kier alpha value is -2.03. The van der Waals surface area contributed by atoms with Crippen molar-refractivity contribution < 1.29 is 9.53 Å². The number of carbonyl (C=O) groups is 1. The van der Waals surface area contributed by atoms with Gasteiger partial charge >= 0.3 is 6.01 Å². The van der Waals surface area contributed by atoms with E-state index in [1.165, 1.54) is 17.3 Å². The predicted octanol–water partition coefficient (Wildman–Crippen LogP) is 0.901. The molecule has 0 bridgehead atoms. The molecule has 0 aromatic carbocycles. The van der Waals surface area contributed by atoms with Gasteiger partial charge in [0.25, 0.3) is 0 Å². The molecule has 0 aliphatic carbocycles. The van der Waals surface area contributed by atoms with Gasteiger partial charge < -0.3 is 9.64 Å². The molecule has 3 heterocycles. The SMILES string of the molecule is O=C(Cn1cncn1)N1CCCC(Oc2ncc(Br)cn2)C1. The lowest BCUT2D eigenvalue weighted by Gasteiger charge is -2.32. The van der Waals surface area contributed by atoms with Crippen LogP contribution in [0.1, 0.15) is 12.8 Å². The molecule has 0 spiro atoms. The van der Waals surface area contributed by atoms with Crippen LogP contribution in [0.2, 0.25) is 0 Å². The lowest BCUT2D eigenvalue weighted by molar-refractivity contribution is -0.134. The predicted molar refractivity (Wildman–Crippen MR) is 80.0 cm³/mol. The van der Waals surface area contributed by atoms with Crippen LogP contribution >= 0.6 is 15.9 Å². The first-order valence-corrected chi connectivity index (χ1v) is 7.74. The van der Waals surface area contributed by atoms with Crippen molar-refractivity contribution in [3.8, 4) is 6.01 Å². The maximum atomic E-state index is 12.3. The zero-order valence-corrected chi connectivity index (χ0v) is 13.4. The summed E-state index contributed by atoms with van der Waals surface area (Å²) in [6, 6.07) is 0.332. The van der Waals surface area contributed by atoms with Gasteiger partial charge in [-0.1, -0.05) is 0 Å². The Morgan fingerprint density at radius 3 is 2.95 bits per heavy atom. The second-order valence-corrected chi connectivity index (χ2v) is 5.91. The molecule has 1 saturated heterocycles. The van der Waals surface area contributed by atoms with Gasteiger partial charge in [0.2, 0.25) is 5.91 Å². The number of rotatable bonds is 4. The highest BCUT2D eigenvalue weighted by Gasteiger charge is 2.25. The summed E-state index contributed by atoms with van der Waals surface area (Å²) >= 11 is 3.28. The highest BCUT2D eigenvalue weighted by Crippen LogP contribution is 2.16. The number of ether oxygens (including phenoxy) is 1. The maximum Gasteiger partial charge on any atom is 0.316 e. The monoisotopic (exact) mass is 366 g/mol. The topological polar surface area (TPSA) is 86.0 Å². The van der Waals surface area contributed by atoms with Crippen molar-refractivity contribution in [2.75, 3.05) is 13.1 Å². The van der Waals surface area contributed by atoms with Crippen LogP contribution in [0, 0.1) is 0 Å². The van der Waals surface area contributed by atoms with E-state index in [4.69, 9.17) is 4.74 Å². The first-order valence-electron chi connectivity index (χ1n) is 6.95. The molecule has 3 rings (SSSR count). The van der Waals surface area contributed by atoms with E-state index in [-0.39, 0.29) is 18.6 Å². The third-order valence-electron chi connectivity index (χ3n) is 3.36. The molecule has 8 nitrogen and oxygen atoms in total. The number of aromatic nitrogens is 5. The minimum atomic E-state index is -0.0883. The van der Waals surface area contributed by atoms with Crippen LogP contribution in [0.25, 0.3) is 0 Å². The molecule has 0 N–H and O–H groups in total. The van der Waals surface area contributed by atoms with Crippen LogP contribution in [-0.2, 0) is 11.3 Å². The van der Waals surface area contributed by atoms with Gasteiger partial charge in [-0.25, -0.2) is 19.6 Å². The fourth-order valence-electron chi connectivity index (χ4n) is 2.32. The largest absolute Gasteiger partial charge is 0.458 e. The summed E-state index contributed by atoms with van der Waals surface area (Å²) in [4.78, 5) is 26.1. The Labute approximate surface area is 135 Å². The maximum absolute atomic E-state index is 12.3. The standard InChI is InChI=1S/C13H15BrN6O2/c14-10-4-16-13(17-5-10)22-11-2-1-3-19(6-11)12(21)7-20-9-15-8-18-20/h4-5,8-9,11H,1-3,6-7H2. The number of nitrogens with zero attached hydrogens (tertiary/aromatic N) is 6. The number of halogens is 1. The lowest BCUT2D eigenvalue weighted by atomic mass is 10.1. The molecule has 1 atom stereocenters. The van der Waals surface area contributed by atoms with Crippen molar-refractivity contribution in [1.82, 2.24) is 29.6 Å².